The number of benzene rings is 1. The number of anilines is 1. The molecule has 178 valence electrons. The quantitative estimate of drug-likeness (QED) is 0.140. The summed E-state index contributed by atoms with van der Waals surface area (Å²) < 4.78 is 0. The van der Waals surface area contributed by atoms with Crippen molar-refractivity contribution in [3.8, 4) is 0 Å². The van der Waals surface area contributed by atoms with Crippen LogP contribution in [0.25, 0.3) is 0 Å². The third kappa shape index (κ3) is 10.5. The Morgan fingerprint density at radius 1 is 1.15 bits per heavy atom. The fourth-order valence-corrected chi connectivity index (χ4v) is 3.11. The molecule has 0 radical (unpaired) electrons. The Hall–Kier alpha value is -2.73. The molecule has 2 rings (SSSR count). The zero-order valence-electron chi connectivity index (χ0n) is 17.6. The SMILES string of the molecule is O=C(O)CC(NC(=O)CNC(=O)CCCCNc1ccccn1)c1ccc(Cl)c([N+](=O)[O-])c1.[NaH]. The summed E-state index contributed by atoms with van der Waals surface area (Å²) in [6, 6.07) is 8.28. The molecule has 0 aliphatic heterocycles. The van der Waals surface area contributed by atoms with Gasteiger partial charge >= 0.3 is 35.5 Å². The number of carbonyl (C=O) groups is 3. The number of aliphatic carboxylic acids is 1. The minimum atomic E-state index is -1.21. The van der Waals surface area contributed by atoms with Crippen LogP contribution in [0, 0.1) is 10.1 Å². The third-order valence-corrected chi connectivity index (χ3v) is 4.85. The van der Waals surface area contributed by atoms with Gasteiger partial charge in [-0.25, -0.2) is 4.98 Å². The molecule has 2 amide bonds. The topological polar surface area (TPSA) is 164 Å². The average molecular weight is 502 g/mol. The molecule has 0 aliphatic carbocycles. The van der Waals surface area contributed by atoms with E-state index in [1.807, 2.05) is 18.2 Å². The Morgan fingerprint density at radius 2 is 1.91 bits per heavy atom. The van der Waals surface area contributed by atoms with Crippen molar-refractivity contribution >= 4 is 70.4 Å². The van der Waals surface area contributed by atoms with Gasteiger partial charge in [-0.1, -0.05) is 23.7 Å². The van der Waals surface area contributed by atoms with E-state index >= 15 is 0 Å². The Labute approximate surface area is 223 Å². The summed E-state index contributed by atoms with van der Waals surface area (Å²) in [5.41, 5.74) is -0.182. The summed E-state index contributed by atoms with van der Waals surface area (Å²) >= 11 is 5.78. The number of nitro groups is 1. The van der Waals surface area contributed by atoms with E-state index in [1.54, 1.807) is 6.20 Å². The fraction of sp³-hybridized carbons (Fsp3) is 0.333. The number of nitrogens with one attached hydrogen (secondary N) is 3. The predicted octanol–water partition coefficient (Wildman–Crippen LogP) is 2.03. The van der Waals surface area contributed by atoms with Gasteiger partial charge in [-0.05, 0) is 36.6 Å². The number of rotatable bonds is 13. The van der Waals surface area contributed by atoms with Gasteiger partial charge in [0.25, 0.3) is 5.69 Å². The van der Waals surface area contributed by atoms with Gasteiger partial charge in [0.2, 0.25) is 11.8 Å². The van der Waals surface area contributed by atoms with E-state index in [0.717, 1.165) is 18.3 Å². The van der Waals surface area contributed by atoms with Crippen LogP contribution in [0.5, 0.6) is 0 Å². The number of hydrogen-bond donors (Lipinski definition) is 4. The molecule has 0 saturated heterocycles. The van der Waals surface area contributed by atoms with Crippen LogP contribution < -0.4 is 16.0 Å². The molecule has 0 fully saturated rings. The standard InChI is InChI=1S/C21H24ClN5O6.Na.H/c22-15-8-7-14(11-17(15)27(32)33)16(12-21(30)31)26-20(29)13-25-19(28)6-2-4-10-24-18-5-1-3-9-23-18;;/h1,3,5,7-9,11,16H,2,4,6,10,12-13H2,(H,23,24)(H,25,28)(H,26,29)(H,30,31);;. The van der Waals surface area contributed by atoms with Gasteiger partial charge in [0.1, 0.15) is 10.8 Å². The Morgan fingerprint density at radius 3 is 2.56 bits per heavy atom. The molecule has 1 aromatic carbocycles. The zero-order valence-corrected chi connectivity index (χ0v) is 18.4. The van der Waals surface area contributed by atoms with E-state index in [-0.39, 0.29) is 59.0 Å². The van der Waals surface area contributed by atoms with Crippen LogP contribution in [-0.2, 0) is 14.4 Å². The molecular formula is C21H25ClN5NaO6. The Bertz CT molecular complexity index is 995. The minimum absolute atomic E-state index is 0. The van der Waals surface area contributed by atoms with Crippen molar-refractivity contribution in [3.63, 3.8) is 0 Å². The van der Waals surface area contributed by atoms with E-state index in [1.165, 1.54) is 12.1 Å². The first-order chi connectivity index (χ1) is 15.8. The molecule has 0 aliphatic rings. The van der Waals surface area contributed by atoms with Crippen LogP contribution in [0.3, 0.4) is 0 Å². The first-order valence-corrected chi connectivity index (χ1v) is 10.5. The number of nitro benzene ring substituents is 1. The first kappa shape index (κ1) is 29.3. The summed E-state index contributed by atoms with van der Waals surface area (Å²) in [5.74, 6) is -1.40. The third-order valence-electron chi connectivity index (χ3n) is 4.53. The van der Waals surface area contributed by atoms with E-state index in [0.29, 0.717) is 13.0 Å². The molecule has 4 N–H and O–H groups in total. The molecule has 1 atom stereocenters. The van der Waals surface area contributed by atoms with E-state index in [2.05, 4.69) is 20.9 Å². The molecule has 0 spiro atoms. The number of nitrogens with zero attached hydrogens (tertiary/aromatic N) is 2. The van der Waals surface area contributed by atoms with E-state index < -0.39 is 34.9 Å². The number of unbranched alkanes of at least 4 members (excludes halogenated alkanes) is 1. The molecule has 13 heteroatoms. The number of aromatic nitrogens is 1. The second-order valence-corrected chi connectivity index (χ2v) is 7.47. The summed E-state index contributed by atoms with van der Waals surface area (Å²) in [5, 5.41) is 28.2. The number of amides is 2. The van der Waals surface area contributed by atoms with Gasteiger partial charge in [-0.2, -0.15) is 0 Å². The molecule has 1 heterocycles. The number of carboxylic acids is 1. The first-order valence-electron chi connectivity index (χ1n) is 10.1. The van der Waals surface area contributed by atoms with Gasteiger partial charge in [-0.15, -0.1) is 0 Å². The number of pyridine rings is 1. The molecule has 1 aromatic heterocycles. The van der Waals surface area contributed by atoms with Crippen molar-refractivity contribution < 1.29 is 24.4 Å². The Kier molecular flexibility index (Phi) is 13.1. The van der Waals surface area contributed by atoms with Gasteiger partial charge in [0.15, 0.2) is 0 Å². The molecule has 0 bridgehead atoms. The van der Waals surface area contributed by atoms with Crippen molar-refractivity contribution in [1.82, 2.24) is 15.6 Å². The normalized spacial score (nSPS) is 11.0. The van der Waals surface area contributed by atoms with Crippen LogP contribution in [0.4, 0.5) is 11.5 Å². The molecule has 34 heavy (non-hydrogen) atoms. The van der Waals surface area contributed by atoms with Crippen molar-refractivity contribution in [3.05, 3.63) is 63.3 Å². The van der Waals surface area contributed by atoms with Gasteiger partial charge in [0.05, 0.1) is 23.9 Å². The maximum absolute atomic E-state index is 12.2. The molecule has 1 unspecified atom stereocenters. The summed E-state index contributed by atoms with van der Waals surface area (Å²) in [7, 11) is 0. The van der Waals surface area contributed by atoms with Gasteiger partial charge < -0.3 is 21.1 Å². The number of carbonyl (C=O) groups excluding carboxylic acids is 2. The van der Waals surface area contributed by atoms with Crippen molar-refractivity contribution in [2.45, 2.75) is 31.7 Å². The second-order valence-electron chi connectivity index (χ2n) is 7.06. The molecule has 11 nitrogen and oxygen atoms in total. The monoisotopic (exact) mass is 501 g/mol. The van der Waals surface area contributed by atoms with E-state index in [9.17, 15) is 24.5 Å². The predicted molar refractivity (Wildman–Crippen MR) is 128 cm³/mol. The maximum atomic E-state index is 12.2. The van der Waals surface area contributed by atoms with Crippen LogP contribution in [-0.4, -0.2) is 75.4 Å². The summed E-state index contributed by atoms with van der Waals surface area (Å²) in [4.78, 5) is 49.9. The summed E-state index contributed by atoms with van der Waals surface area (Å²) in [6.07, 6.45) is 2.73. The van der Waals surface area contributed by atoms with Gasteiger partial charge in [-0.3, -0.25) is 24.5 Å². The zero-order chi connectivity index (χ0) is 24.2. The van der Waals surface area contributed by atoms with Crippen LogP contribution in [0.2, 0.25) is 5.02 Å². The van der Waals surface area contributed by atoms with Crippen LogP contribution in [0.1, 0.15) is 37.3 Å². The van der Waals surface area contributed by atoms with E-state index in [4.69, 9.17) is 16.7 Å². The van der Waals surface area contributed by atoms with Crippen LogP contribution in [0.15, 0.2) is 42.6 Å². The molecule has 2 aromatic rings. The molecular weight excluding hydrogens is 477 g/mol. The van der Waals surface area contributed by atoms with Crippen molar-refractivity contribution in [2.24, 2.45) is 0 Å². The van der Waals surface area contributed by atoms with Crippen LogP contribution >= 0.6 is 11.6 Å². The molecule has 0 saturated carbocycles. The number of hydrogen-bond acceptors (Lipinski definition) is 7. The second kappa shape index (κ2) is 15.2. The number of carboxylic acid groups (broad SMARTS) is 1. The fourth-order valence-electron chi connectivity index (χ4n) is 2.92. The van der Waals surface area contributed by atoms with Crippen molar-refractivity contribution in [2.75, 3.05) is 18.4 Å². The average Bonchev–Trinajstić information content (AvgIpc) is 2.77. The van der Waals surface area contributed by atoms with Gasteiger partial charge in [0, 0.05) is 25.2 Å². The summed E-state index contributed by atoms with van der Waals surface area (Å²) in [6.45, 7) is 0.297. The number of halogens is 1. The Balaban J connectivity index is 0.00000578. The van der Waals surface area contributed by atoms with Crippen molar-refractivity contribution in [1.29, 1.82) is 0 Å².